The molecule has 0 aromatic heterocycles. The van der Waals surface area contributed by atoms with Crippen LogP contribution >= 0.6 is 0 Å². The molecule has 1 nitrogen and oxygen atoms in total. The van der Waals surface area contributed by atoms with Crippen LogP contribution in [0.4, 0.5) is 0 Å². The first-order valence-electron chi connectivity index (χ1n) is 7.34. The van der Waals surface area contributed by atoms with Gasteiger partial charge >= 0.3 is 0 Å². The van der Waals surface area contributed by atoms with E-state index in [1.54, 1.807) is 5.57 Å². The molecule has 0 atom stereocenters. The third-order valence-corrected chi connectivity index (χ3v) is 3.96. The first kappa shape index (κ1) is 14.9. The summed E-state index contributed by atoms with van der Waals surface area (Å²) in [6.45, 7) is 11.6. The van der Waals surface area contributed by atoms with Gasteiger partial charge in [0.05, 0.1) is 5.71 Å². The molecule has 0 aliphatic heterocycles. The first-order valence-corrected chi connectivity index (χ1v) is 7.34. The Hall–Kier alpha value is -1.11. The van der Waals surface area contributed by atoms with Crippen LogP contribution in [0.25, 0.3) is 0 Å². The van der Waals surface area contributed by atoms with Gasteiger partial charge in [0.15, 0.2) is 0 Å². The van der Waals surface area contributed by atoms with Crippen molar-refractivity contribution in [1.29, 1.82) is 0 Å². The van der Waals surface area contributed by atoms with Gasteiger partial charge in [-0.1, -0.05) is 44.6 Å². The van der Waals surface area contributed by atoms with Gasteiger partial charge in [-0.05, 0) is 50.2 Å². The maximum absolute atomic E-state index is 4.58. The minimum Gasteiger partial charge on any atom is -0.285 e. The van der Waals surface area contributed by atoms with Crippen molar-refractivity contribution in [3.8, 4) is 0 Å². The van der Waals surface area contributed by atoms with Crippen LogP contribution in [-0.2, 0) is 0 Å². The number of nitrogens with zero attached hydrogens (tertiary/aromatic N) is 1. The topological polar surface area (TPSA) is 12.4 Å². The Morgan fingerprint density at radius 1 is 1.17 bits per heavy atom. The second-order valence-corrected chi connectivity index (χ2v) is 4.75. The van der Waals surface area contributed by atoms with Crippen molar-refractivity contribution >= 4 is 5.71 Å². The maximum Gasteiger partial charge on any atom is 0.0646 e. The van der Waals surface area contributed by atoms with E-state index < -0.39 is 0 Å². The van der Waals surface area contributed by atoms with E-state index >= 15 is 0 Å². The lowest BCUT2D eigenvalue weighted by Gasteiger charge is -2.19. The monoisotopic (exact) mass is 245 g/mol. The lowest BCUT2D eigenvalue weighted by atomic mass is 9.87. The molecule has 0 radical (unpaired) electrons. The summed E-state index contributed by atoms with van der Waals surface area (Å²) in [5, 5.41) is 0. The van der Waals surface area contributed by atoms with Crippen molar-refractivity contribution in [3.05, 3.63) is 35.5 Å². The van der Waals surface area contributed by atoms with Gasteiger partial charge in [-0.15, -0.1) is 0 Å². The fourth-order valence-corrected chi connectivity index (χ4v) is 2.53. The van der Waals surface area contributed by atoms with Crippen LogP contribution in [-0.4, -0.2) is 12.3 Å². The summed E-state index contributed by atoms with van der Waals surface area (Å²) in [4.78, 5) is 4.58. The van der Waals surface area contributed by atoms with Crippen molar-refractivity contribution in [1.82, 2.24) is 0 Å². The Kier molecular flexibility index (Phi) is 5.58. The average molecular weight is 245 g/mol. The van der Waals surface area contributed by atoms with Gasteiger partial charge in [0.2, 0.25) is 0 Å². The first-order chi connectivity index (χ1) is 8.73. The van der Waals surface area contributed by atoms with E-state index in [2.05, 4.69) is 50.1 Å². The van der Waals surface area contributed by atoms with Crippen molar-refractivity contribution in [2.45, 2.75) is 53.9 Å². The number of rotatable bonds is 3. The SMILES string of the molecule is CC.CCN=C1C=CC=C/C1=C(/C)C1(CC)CC1. The summed E-state index contributed by atoms with van der Waals surface area (Å²) in [5.41, 5.74) is 4.58. The molecule has 0 aromatic rings. The molecule has 0 heterocycles. The van der Waals surface area contributed by atoms with Gasteiger partial charge in [0.25, 0.3) is 0 Å². The molecule has 1 fully saturated rings. The van der Waals surface area contributed by atoms with Crippen LogP contribution < -0.4 is 0 Å². The molecule has 0 aromatic carbocycles. The zero-order chi connectivity index (χ0) is 13.6. The minimum absolute atomic E-state index is 0.499. The quantitative estimate of drug-likeness (QED) is 0.655. The Morgan fingerprint density at radius 2 is 1.78 bits per heavy atom. The summed E-state index contributed by atoms with van der Waals surface area (Å²) in [6.07, 6.45) is 12.5. The van der Waals surface area contributed by atoms with Crippen molar-refractivity contribution in [3.63, 3.8) is 0 Å². The fraction of sp³-hybridized carbons (Fsp3) is 0.588. The molecule has 18 heavy (non-hydrogen) atoms. The highest BCUT2D eigenvalue weighted by Crippen LogP contribution is 2.55. The zero-order valence-electron chi connectivity index (χ0n) is 12.6. The standard InChI is InChI=1S/C15H21N.C2H6/c1-4-15(10-11-15)12(3)13-8-6-7-9-14(13)16-5-2;1-2/h6-9H,4-5,10-11H2,1-3H3;1-2H3/b13-12+,16-14?;. The van der Waals surface area contributed by atoms with E-state index in [9.17, 15) is 0 Å². The predicted octanol–water partition coefficient (Wildman–Crippen LogP) is 5.11. The Balaban J connectivity index is 0.000000771. The van der Waals surface area contributed by atoms with Crippen molar-refractivity contribution in [2.24, 2.45) is 10.4 Å². The maximum atomic E-state index is 4.58. The van der Waals surface area contributed by atoms with Crippen molar-refractivity contribution < 1.29 is 0 Å². The Bertz CT molecular complexity index is 390. The summed E-state index contributed by atoms with van der Waals surface area (Å²) in [7, 11) is 0. The molecular weight excluding hydrogens is 218 g/mol. The number of aliphatic imine (C=N–C) groups is 1. The van der Waals surface area contributed by atoms with Crippen LogP contribution in [0.2, 0.25) is 0 Å². The lowest BCUT2D eigenvalue weighted by molar-refractivity contribution is 0.581. The molecular formula is C17H27N. The molecule has 2 rings (SSSR count). The molecule has 0 amide bonds. The highest BCUT2D eigenvalue weighted by Gasteiger charge is 2.43. The molecule has 2 aliphatic rings. The lowest BCUT2D eigenvalue weighted by Crippen LogP contribution is -2.10. The molecule has 1 saturated carbocycles. The van der Waals surface area contributed by atoms with E-state index in [1.807, 2.05) is 13.8 Å². The smallest absolute Gasteiger partial charge is 0.0646 e. The molecule has 0 spiro atoms. The van der Waals surface area contributed by atoms with E-state index in [1.165, 1.54) is 30.5 Å². The Labute approximate surface area is 112 Å². The number of allylic oxidation sites excluding steroid dienone is 6. The molecule has 0 unspecified atom stereocenters. The van der Waals surface area contributed by atoms with Gasteiger partial charge in [-0.25, -0.2) is 0 Å². The van der Waals surface area contributed by atoms with Crippen molar-refractivity contribution in [2.75, 3.05) is 6.54 Å². The van der Waals surface area contributed by atoms with Crippen LogP contribution in [0.5, 0.6) is 0 Å². The Morgan fingerprint density at radius 3 is 2.28 bits per heavy atom. The van der Waals surface area contributed by atoms with E-state index in [0.717, 1.165) is 6.54 Å². The average Bonchev–Trinajstić information content (AvgIpc) is 3.22. The predicted molar refractivity (Wildman–Crippen MR) is 82.3 cm³/mol. The number of hydrogen-bond donors (Lipinski definition) is 0. The minimum atomic E-state index is 0.499. The molecule has 0 saturated heterocycles. The van der Waals surface area contributed by atoms with Crippen LogP contribution in [0, 0.1) is 5.41 Å². The fourth-order valence-electron chi connectivity index (χ4n) is 2.53. The largest absolute Gasteiger partial charge is 0.285 e. The molecule has 100 valence electrons. The van der Waals surface area contributed by atoms with Gasteiger partial charge in [0.1, 0.15) is 0 Å². The molecule has 0 bridgehead atoms. The summed E-state index contributed by atoms with van der Waals surface area (Å²) in [6, 6.07) is 0. The van der Waals surface area contributed by atoms with Crippen LogP contribution in [0.3, 0.4) is 0 Å². The third-order valence-electron chi connectivity index (χ3n) is 3.96. The summed E-state index contributed by atoms with van der Waals surface area (Å²) in [5.74, 6) is 0. The molecule has 0 N–H and O–H groups in total. The molecule has 2 aliphatic carbocycles. The van der Waals surface area contributed by atoms with Gasteiger partial charge in [0, 0.05) is 6.54 Å². The van der Waals surface area contributed by atoms with E-state index in [0.29, 0.717) is 5.41 Å². The normalized spacial score (nSPS) is 24.6. The second-order valence-electron chi connectivity index (χ2n) is 4.75. The summed E-state index contributed by atoms with van der Waals surface area (Å²) >= 11 is 0. The van der Waals surface area contributed by atoms with Gasteiger partial charge < -0.3 is 0 Å². The van der Waals surface area contributed by atoms with E-state index in [4.69, 9.17) is 0 Å². The molecule has 1 heteroatoms. The van der Waals surface area contributed by atoms with Crippen LogP contribution in [0.1, 0.15) is 53.9 Å². The highest BCUT2D eigenvalue weighted by molar-refractivity contribution is 6.12. The second kappa shape index (κ2) is 6.72. The highest BCUT2D eigenvalue weighted by atomic mass is 14.7. The number of hydrogen-bond acceptors (Lipinski definition) is 1. The zero-order valence-corrected chi connectivity index (χ0v) is 12.6. The summed E-state index contributed by atoms with van der Waals surface area (Å²) < 4.78 is 0. The van der Waals surface area contributed by atoms with Gasteiger partial charge in [-0.2, -0.15) is 0 Å². The third kappa shape index (κ3) is 3.01. The van der Waals surface area contributed by atoms with E-state index in [-0.39, 0.29) is 0 Å². The van der Waals surface area contributed by atoms with Gasteiger partial charge in [-0.3, -0.25) is 4.99 Å². The van der Waals surface area contributed by atoms with Crippen LogP contribution in [0.15, 0.2) is 40.4 Å².